The number of nitrogen functional groups attached to an aromatic ring is 1. The minimum Gasteiger partial charge on any atom is -0.383 e. The summed E-state index contributed by atoms with van der Waals surface area (Å²) in [6, 6.07) is 7.71. The van der Waals surface area contributed by atoms with E-state index in [0.29, 0.717) is 12.2 Å². The molecule has 3 nitrogen and oxygen atoms in total. The molecule has 0 aliphatic heterocycles. The summed E-state index contributed by atoms with van der Waals surface area (Å²) in [5.41, 5.74) is 8.73. The summed E-state index contributed by atoms with van der Waals surface area (Å²) in [7, 11) is 1.79. The molecule has 0 radical (unpaired) electrons. The fourth-order valence-corrected chi connectivity index (χ4v) is 1.92. The van der Waals surface area contributed by atoms with Crippen LogP contribution in [0, 0.1) is 0 Å². The van der Waals surface area contributed by atoms with Crippen LogP contribution in [0.3, 0.4) is 0 Å². The molecule has 1 atom stereocenters. The average molecular weight is 233 g/mol. The number of aromatic nitrogens is 2. The van der Waals surface area contributed by atoms with Crippen LogP contribution in [0.2, 0.25) is 0 Å². The number of halogens is 1. The molecule has 1 aromatic carbocycles. The van der Waals surface area contributed by atoms with Crippen LogP contribution in [-0.2, 0) is 13.5 Å². The molecule has 2 N–H and O–H groups in total. The van der Waals surface area contributed by atoms with Crippen molar-refractivity contribution in [2.24, 2.45) is 7.05 Å². The van der Waals surface area contributed by atoms with Gasteiger partial charge in [0, 0.05) is 19.0 Å². The van der Waals surface area contributed by atoms with Crippen molar-refractivity contribution >= 4 is 5.82 Å². The first kappa shape index (κ1) is 11.6. The molecule has 2 aromatic rings. The third-order valence-electron chi connectivity index (χ3n) is 2.79. The molecular weight excluding hydrogens is 217 g/mol. The third-order valence-corrected chi connectivity index (χ3v) is 2.79. The highest BCUT2D eigenvalue weighted by atomic mass is 19.1. The Labute approximate surface area is 100 Å². The van der Waals surface area contributed by atoms with Gasteiger partial charge in [0.15, 0.2) is 0 Å². The summed E-state index contributed by atoms with van der Waals surface area (Å²) in [5, 5.41) is 4.11. The number of nitrogens with zero attached hydrogens (tertiary/aromatic N) is 2. The number of rotatable bonds is 3. The topological polar surface area (TPSA) is 43.8 Å². The summed E-state index contributed by atoms with van der Waals surface area (Å²) < 4.78 is 14.8. The molecule has 90 valence electrons. The Bertz CT molecular complexity index is 517. The van der Waals surface area contributed by atoms with Crippen molar-refractivity contribution in [3.63, 3.8) is 0 Å². The molecule has 17 heavy (non-hydrogen) atoms. The van der Waals surface area contributed by atoms with Gasteiger partial charge in [-0.1, -0.05) is 24.3 Å². The molecule has 0 amide bonds. The molecule has 0 bridgehead atoms. The van der Waals surface area contributed by atoms with E-state index in [0.717, 1.165) is 16.7 Å². The van der Waals surface area contributed by atoms with Gasteiger partial charge in [0.25, 0.3) is 0 Å². The third kappa shape index (κ3) is 2.30. The number of benzene rings is 1. The van der Waals surface area contributed by atoms with Gasteiger partial charge >= 0.3 is 0 Å². The lowest BCUT2D eigenvalue weighted by Gasteiger charge is -2.09. The Kier molecular flexibility index (Phi) is 3.13. The Balaban J connectivity index is 2.48. The molecule has 4 heteroatoms. The molecular formula is C13H16FN3. The van der Waals surface area contributed by atoms with E-state index < -0.39 is 6.17 Å². The quantitative estimate of drug-likeness (QED) is 0.885. The standard InChI is InChI=1S/C13H16FN3/c1-9(14)7-10-5-3-4-6-11(10)12-8-16-17(2)13(12)15/h3-6,8-9H,7,15H2,1-2H3. The smallest absolute Gasteiger partial charge is 0.129 e. The predicted octanol–water partition coefficient (Wildman–Crippen LogP) is 2.57. The maximum absolute atomic E-state index is 13.1. The monoisotopic (exact) mass is 233 g/mol. The second-order valence-electron chi connectivity index (χ2n) is 4.21. The number of alkyl halides is 1. The maximum Gasteiger partial charge on any atom is 0.129 e. The van der Waals surface area contributed by atoms with Crippen LogP contribution in [0.25, 0.3) is 11.1 Å². The average Bonchev–Trinajstić information content (AvgIpc) is 2.60. The number of hydrogen-bond donors (Lipinski definition) is 1. The summed E-state index contributed by atoms with van der Waals surface area (Å²) in [4.78, 5) is 0. The largest absolute Gasteiger partial charge is 0.383 e. The van der Waals surface area contributed by atoms with Crippen LogP contribution in [0.5, 0.6) is 0 Å². The second kappa shape index (κ2) is 4.57. The van der Waals surface area contributed by atoms with Crippen molar-refractivity contribution in [2.75, 3.05) is 5.73 Å². The Hall–Kier alpha value is -1.84. The minimum absolute atomic E-state index is 0.393. The summed E-state index contributed by atoms with van der Waals surface area (Å²) >= 11 is 0. The predicted molar refractivity (Wildman–Crippen MR) is 67.3 cm³/mol. The highest BCUT2D eigenvalue weighted by molar-refractivity contribution is 5.76. The van der Waals surface area contributed by atoms with Gasteiger partial charge in [-0.2, -0.15) is 5.10 Å². The van der Waals surface area contributed by atoms with Crippen LogP contribution >= 0.6 is 0 Å². The van der Waals surface area contributed by atoms with E-state index in [4.69, 9.17) is 5.73 Å². The van der Waals surface area contributed by atoms with Gasteiger partial charge in [-0.15, -0.1) is 0 Å². The molecule has 2 rings (SSSR count). The fraction of sp³-hybridized carbons (Fsp3) is 0.308. The highest BCUT2D eigenvalue weighted by Gasteiger charge is 2.12. The zero-order valence-corrected chi connectivity index (χ0v) is 10.0. The van der Waals surface area contributed by atoms with Crippen molar-refractivity contribution < 1.29 is 4.39 Å². The fourth-order valence-electron chi connectivity index (χ4n) is 1.92. The maximum atomic E-state index is 13.1. The van der Waals surface area contributed by atoms with Crippen molar-refractivity contribution in [2.45, 2.75) is 19.5 Å². The minimum atomic E-state index is -0.867. The Morgan fingerprint density at radius 1 is 1.35 bits per heavy atom. The van der Waals surface area contributed by atoms with Gasteiger partial charge in [0.05, 0.1) is 6.20 Å². The van der Waals surface area contributed by atoms with Gasteiger partial charge < -0.3 is 5.73 Å². The summed E-state index contributed by atoms with van der Waals surface area (Å²) in [5.74, 6) is 0.601. The normalized spacial score (nSPS) is 12.6. The van der Waals surface area contributed by atoms with Crippen LogP contribution in [0.1, 0.15) is 12.5 Å². The highest BCUT2D eigenvalue weighted by Crippen LogP contribution is 2.29. The molecule has 0 spiro atoms. The second-order valence-corrected chi connectivity index (χ2v) is 4.21. The zero-order valence-electron chi connectivity index (χ0n) is 10.0. The lowest BCUT2D eigenvalue weighted by molar-refractivity contribution is 0.360. The van der Waals surface area contributed by atoms with Crippen molar-refractivity contribution in [3.05, 3.63) is 36.0 Å². The van der Waals surface area contributed by atoms with Crippen molar-refractivity contribution in [1.82, 2.24) is 9.78 Å². The molecule has 0 aliphatic carbocycles. The first-order valence-electron chi connectivity index (χ1n) is 5.59. The first-order chi connectivity index (χ1) is 8.09. The van der Waals surface area contributed by atoms with Crippen LogP contribution < -0.4 is 5.73 Å². The van der Waals surface area contributed by atoms with Crippen LogP contribution in [0.15, 0.2) is 30.5 Å². The first-order valence-corrected chi connectivity index (χ1v) is 5.59. The van der Waals surface area contributed by atoms with Gasteiger partial charge in [0.1, 0.15) is 12.0 Å². The number of anilines is 1. The van der Waals surface area contributed by atoms with E-state index in [-0.39, 0.29) is 0 Å². The molecule has 1 aromatic heterocycles. The van der Waals surface area contributed by atoms with Crippen molar-refractivity contribution in [1.29, 1.82) is 0 Å². The van der Waals surface area contributed by atoms with Crippen molar-refractivity contribution in [3.8, 4) is 11.1 Å². The van der Waals surface area contributed by atoms with Crippen LogP contribution in [-0.4, -0.2) is 16.0 Å². The van der Waals surface area contributed by atoms with Gasteiger partial charge in [-0.05, 0) is 18.1 Å². The van der Waals surface area contributed by atoms with E-state index in [9.17, 15) is 4.39 Å². The molecule has 0 aliphatic rings. The molecule has 1 heterocycles. The number of hydrogen-bond acceptors (Lipinski definition) is 2. The molecule has 0 saturated heterocycles. The van der Waals surface area contributed by atoms with Crippen LogP contribution in [0.4, 0.5) is 10.2 Å². The lowest BCUT2D eigenvalue weighted by atomic mass is 9.98. The van der Waals surface area contributed by atoms with Gasteiger partial charge in [-0.25, -0.2) is 4.39 Å². The zero-order chi connectivity index (χ0) is 12.4. The lowest BCUT2D eigenvalue weighted by Crippen LogP contribution is -2.02. The molecule has 0 saturated carbocycles. The number of nitrogens with two attached hydrogens (primary N) is 1. The number of aryl methyl sites for hydroxylation is 1. The van der Waals surface area contributed by atoms with E-state index in [1.165, 1.54) is 0 Å². The van der Waals surface area contributed by atoms with E-state index in [1.807, 2.05) is 24.3 Å². The Morgan fingerprint density at radius 3 is 2.65 bits per heavy atom. The Morgan fingerprint density at radius 2 is 2.06 bits per heavy atom. The van der Waals surface area contributed by atoms with Gasteiger partial charge in [-0.3, -0.25) is 4.68 Å². The summed E-state index contributed by atoms with van der Waals surface area (Å²) in [6.07, 6.45) is 1.25. The van der Waals surface area contributed by atoms with Gasteiger partial charge in [0.2, 0.25) is 0 Å². The summed E-state index contributed by atoms with van der Waals surface area (Å²) in [6.45, 7) is 1.56. The molecule has 0 fully saturated rings. The molecule has 1 unspecified atom stereocenters. The van der Waals surface area contributed by atoms with E-state index in [1.54, 1.807) is 24.9 Å². The van der Waals surface area contributed by atoms with E-state index >= 15 is 0 Å². The van der Waals surface area contributed by atoms with E-state index in [2.05, 4.69) is 5.10 Å². The SMILES string of the molecule is CC(F)Cc1ccccc1-c1cnn(C)c1N.